The van der Waals surface area contributed by atoms with E-state index in [0.717, 1.165) is 11.6 Å². The van der Waals surface area contributed by atoms with Crippen molar-refractivity contribution in [2.24, 2.45) is 7.05 Å². The minimum absolute atomic E-state index is 0.0253. The summed E-state index contributed by atoms with van der Waals surface area (Å²) in [5, 5.41) is -0.0577. The topological polar surface area (TPSA) is 100 Å². The summed E-state index contributed by atoms with van der Waals surface area (Å²) in [6.07, 6.45) is -5.36. The third kappa shape index (κ3) is 6.79. The van der Waals surface area contributed by atoms with Gasteiger partial charge in [0.25, 0.3) is 5.56 Å². The van der Waals surface area contributed by atoms with Crippen molar-refractivity contribution in [3.63, 3.8) is 0 Å². The molecule has 2 aromatic heterocycles. The number of rotatable bonds is 9. The number of alkyl halides is 3. The Balaban J connectivity index is 1.75. The van der Waals surface area contributed by atoms with Crippen molar-refractivity contribution >= 4 is 19.5 Å². The quantitative estimate of drug-likeness (QED) is 0.236. The summed E-state index contributed by atoms with van der Waals surface area (Å²) in [7, 11) is -0.617. The van der Waals surface area contributed by atoms with Crippen LogP contribution in [0.15, 0.2) is 58.1 Å². The SMILES string of the molecule is CC(Cn1c(=O)[nH]c(=O)c2c1nc(-c1ccc(OCc3ccccc3)c(OC(F)(F)F)c1)n2C)O[Si](C)(C)C(C)(C)C. The average molecular weight is 605 g/mol. The van der Waals surface area contributed by atoms with Gasteiger partial charge in [0.05, 0.1) is 12.6 Å². The number of H-pyrrole nitrogens is 1. The number of imidazole rings is 1. The van der Waals surface area contributed by atoms with Gasteiger partial charge in [-0.05, 0) is 48.8 Å². The summed E-state index contributed by atoms with van der Waals surface area (Å²) >= 11 is 0. The van der Waals surface area contributed by atoms with E-state index in [1.54, 1.807) is 31.3 Å². The monoisotopic (exact) mass is 604 g/mol. The van der Waals surface area contributed by atoms with Crippen molar-refractivity contribution in [2.45, 2.75) is 71.4 Å². The maximum atomic E-state index is 13.3. The van der Waals surface area contributed by atoms with E-state index in [0.29, 0.717) is 0 Å². The summed E-state index contributed by atoms with van der Waals surface area (Å²) in [6.45, 7) is 12.5. The van der Waals surface area contributed by atoms with Gasteiger partial charge in [0.2, 0.25) is 0 Å². The molecular weight excluding hydrogens is 569 g/mol. The van der Waals surface area contributed by atoms with Gasteiger partial charge in [-0.15, -0.1) is 13.2 Å². The van der Waals surface area contributed by atoms with Crippen LogP contribution in [0.1, 0.15) is 33.3 Å². The van der Waals surface area contributed by atoms with E-state index in [2.05, 4.69) is 48.6 Å². The van der Waals surface area contributed by atoms with Crippen LogP contribution in [0.2, 0.25) is 18.1 Å². The number of hydrogen-bond donors (Lipinski definition) is 1. The van der Waals surface area contributed by atoms with Crippen molar-refractivity contribution in [1.29, 1.82) is 0 Å². The number of ether oxygens (including phenoxy) is 2. The van der Waals surface area contributed by atoms with Gasteiger partial charge in [-0.1, -0.05) is 51.1 Å². The molecule has 4 aromatic rings. The van der Waals surface area contributed by atoms with Crippen LogP contribution in [0.3, 0.4) is 0 Å². The van der Waals surface area contributed by atoms with E-state index >= 15 is 0 Å². The van der Waals surface area contributed by atoms with Crippen molar-refractivity contribution in [3.05, 3.63) is 74.9 Å². The molecule has 1 unspecified atom stereocenters. The smallest absolute Gasteiger partial charge is 0.485 e. The molecule has 2 heterocycles. The zero-order chi connectivity index (χ0) is 31.0. The minimum atomic E-state index is -4.98. The van der Waals surface area contributed by atoms with Crippen LogP contribution in [0, 0.1) is 0 Å². The maximum absolute atomic E-state index is 13.3. The zero-order valence-electron chi connectivity index (χ0n) is 24.6. The lowest BCUT2D eigenvalue weighted by atomic mass is 10.2. The second-order valence-electron chi connectivity index (χ2n) is 11.7. The lowest BCUT2D eigenvalue weighted by molar-refractivity contribution is -0.275. The molecule has 4 rings (SSSR count). The molecule has 13 heteroatoms. The zero-order valence-corrected chi connectivity index (χ0v) is 25.6. The Kier molecular flexibility index (Phi) is 8.47. The Hall–Kier alpha value is -3.84. The summed E-state index contributed by atoms with van der Waals surface area (Å²) in [5.41, 5.74) is -0.155. The van der Waals surface area contributed by atoms with Gasteiger partial charge in [0.1, 0.15) is 12.4 Å². The summed E-state index contributed by atoms with van der Waals surface area (Å²) in [4.78, 5) is 32.6. The second-order valence-corrected chi connectivity index (χ2v) is 16.5. The van der Waals surface area contributed by atoms with Crippen molar-refractivity contribution < 1.29 is 27.1 Å². The van der Waals surface area contributed by atoms with Crippen molar-refractivity contribution in [3.8, 4) is 22.9 Å². The first-order valence-corrected chi connectivity index (χ1v) is 16.3. The van der Waals surface area contributed by atoms with Gasteiger partial charge in [-0.25, -0.2) is 9.78 Å². The average Bonchev–Trinajstić information content (AvgIpc) is 3.22. The first kappa shape index (κ1) is 31.1. The molecule has 2 aromatic carbocycles. The second kappa shape index (κ2) is 11.4. The summed E-state index contributed by atoms with van der Waals surface area (Å²) in [6, 6.07) is 13.0. The van der Waals surface area contributed by atoms with Crippen LogP contribution in [0.25, 0.3) is 22.6 Å². The number of aromatic amines is 1. The summed E-state index contributed by atoms with van der Waals surface area (Å²) in [5.74, 6) is -0.523. The molecule has 0 fully saturated rings. The molecule has 0 saturated carbocycles. The molecule has 9 nitrogen and oxygen atoms in total. The molecule has 42 heavy (non-hydrogen) atoms. The molecular formula is C29H35F3N4O5Si. The number of nitrogens with one attached hydrogen (secondary N) is 1. The fourth-order valence-corrected chi connectivity index (χ4v) is 5.79. The van der Waals surface area contributed by atoms with Gasteiger partial charge >= 0.3 is 12.1 Å². The molecule has 0 aliphatic carbocycles. The number of benzene rings is 2. The molecule has 0 aliphatic heterocycles. The van der Waals surface area contributed by atoms with Gasteiger partial charge < -0.3 is 18.5 Å². The first-order valence-electron chi connectivity index (χ1n) is 13.4. The van der Waals surface area contributed by atoms with Gasteiger partial charge in [0.15, 0.2) is 31.0 Å². The highest BCUT2D eigenvalue weighted by molar-refractivity contribution is 6.74. The minimum Gasteiger partial charge on any atom is -0.485 e. The van der Waals surface area contributed by atoms with E-state index in [4.69, 9.17) is 9.16 Å². The number of aromatic nitrogens is 4. The van der Waals surface area contributed by atoms with E-state index < -0.39 is 31.7 Å². The molecule has 226 valence electrons. The Labute approximate surface area is 242 Å². The van der Waals surface area contributed by atoms with Crippen LogP contribution >= 0.6 is 0 Å². The number of aryl methyl sites for hydroxylation is 1. The molecule has 0 saturated heterocycles. The van der Waals surface area contributed by atoms with E-state index in [9.17, 15) is 22.8 Å². The Morgan fingerprint density at radius 2 is 1.69 bits per heavy atom. The number of nitrogens with zero attached hydrogens (tertiary/aromatic N) is 3. The van der Waals surface area contributed by atoms with E-state index in [-0.39, 0.29) is 52.6 Å². The molecule has 1 atom stereocenters. The molecule has 0 bridgehead atoms. The number of fused-ring (bicyclic) bond motifs is 1. The highest BCUT2D eigenvalue weighted by Gasteiger charge is 2.38. The van der Waals surface area contributed by atoms with Crippen LogP contribution < -0.4 is 20.7 Å². The molecule has 0 aliphatic rings. The highest BCUT2D eigenvalue weighted by Crippen LogP contribution is 2.38. The van der Waals surface area contributed by atoms with Crippen LogP contribution in [0.4, 0.5) is 13.2 Å². The van der Waals surface area contributed by atoms with Crippen molar-refractivity contribution in [2.75, 3.05) is 0 Å². The third-order valence-corrected chi connectivity index (χ3v) is 12.0. The van der Waals surface area contributed by atoms with Gasteiger partial charge in [0, 0.05) is 12.6 Å². The molecule has 0 amide bonds. The van der Waals surface area contributed by atoms with E-state index in [1.807, 2.05) is 13.0 Å². The highest BCUT2D eigenvalue weighted by atomic mass is 28.4. The molecule has 0 radical (unpaired) electrons. The predicted octanol–water partition coefficient (Wildman–Crippen LogP) is 5.98. The van der Waals surface area contributed by atoms with Crippen LogP contribution in [-0.2, 0) is 24.6 Å². The predicted molar refractivity (Wildman–Crippen MR) is 156 cm³/mol. The number of hydrogen-bond acceptors (Lipinski definition) is 6. The number of halogens is 3. The first-order chi connectivity index (χ1) is 19.5. The fraction of sp³-hybridized carbons (Fsp3) is 0.414. The fourth-order valence-electron chi connectivity index (χ4n) is 4.35. The Morgan fingerprint density at radius 1 is 1.02 bits per heavy atom. The Bertz CT molecular complexity index is 1690. The van der Waals surface area contributed by atoms with E-state index in [1.165, 1.54) is 21.3 Å². The molecule has 0 spiro atoms. The summed E-state index contributed by atoms with van der Waals surface area (Å²) < 4.78 is 59.1. The van der Waals surface area contributed by atoms with Gasteiger partial charge in [-0.2, -0.15) is 0 Å². The van der Waals surface area contributed by atoms with Gasteiger partial charge in [-0.3, -0.25) is 14.3 Å². The normalized spacial score (nSPS) is 13.4. The van der Waals surface area contributed by atoms with Crippen LogP contribution in [0.5, 0.6) is 11.5 Å². The molecule has 1 N–H and O–H groups in total. The van der Waals surface area contributed by atoms with Crippen LogP contribution in [-0.4, -0.2) is 39.9 Å². The largest absolute Gasteiger partial charge is 0.573 e. The van der Waals surface area contributed by atoms with Crippen molar-refractivity contribution in [1.82, 2.24) is 19.1 Å². The third-order valence-electron chi connectivity index (χ3n) is 7.42. The Morgan fingerprint density at radius 3 is 2.31 bits per heavy atom. The maximum Gasteiger partial charge on any atom is 0.573 e. The lowest BCUT2D eigenvalue weighted by Gasteiger charge is -2.38. The lowest BCUT2D eigenvalue weighted by Crippen LogP contribution is -2.45. The standard InChI is InChI=1S/C29H35F3N4O5Si/c1-18(41-42(6,7)28(2,3)4)16-36-25-23(26(37)34-27(36)38)35(5)24(33-25)20-13-14-21(22(15-20)40-29(30,31)32)39-17-19-11-9-8-10-12-19/h8-15,18H,16-17H2,1-7H3,(H,34,37,38).